The van der Waals surface area contributed by atoms with Crippen LogP contribution in [0.3, 0.4) is 0 Å². The van der Waals surface area contributed by atoms with Crippen LogP contribution in [0.4, 0.5) is 0 Å². The largest absolute Gasteiger partial charge is 0.244 e. The second-order valence-electron chi connectivity index (χ2n) is 4.65. The highest BCUT2D eigenvalue weighted by Gasteiger charge is 2.39. The van der Waals surface area contributed by atoms with E-state index in [2.05, 4.69) is 32.9 Å². The summed E-state index contributed by atoms with van der Waals surface area (Å²) in [5, 5.41) is 0. The minimum Gasteiger partial charge on any atom is -0.244 e. The third-order valence-corrected chi connectivity index (χ3v) is 5.01. The average Bonchev–Trinajstić information content (AvgIpc) is 2.47. The van der Waals surface area contributed by atoms with Crippen LogP contribution in [0.25, 0.3) is 0 Å². The molecule has 2 heteroatoms. The van der Waals surface area contributed by atoms with Crippen molar-refractivity contribution in [3.63, 3.8) is 0 Å². The molecule has 0 amide bonds. The van der Waals surface area contributed by atoms with Crippen LogP contribution < -0.4 is 0 Å². The van der Waals surface area contributed by atoms with Crippen molar-refractivity contribution in [3.05, 3.63) is 0 Å². The van der Waals surface area contributed by atoms with Crippen LogP contribution in [0.1, 0.15) is 45.4 Å². The van der Waals surface area contributed by atoms with E-state index < -0.39 is 0 Å². The van der Waals surface area contributed by atoms with Crippen LogP contribution >= 0.6 is 22.9 Å². The van der Waals surface area contributed by atoms with Crippen molar-refractivity contribution in [3.8, 4) is 0 Å². The van der Waals surface area contributed by atoms with Gasteiger partial charge in [0.1, 0.15) is 0 Å². The zero-order valence-corrected chi connectivity index (χ0v) is 10.0. The average molecular weight is 279 g/mol. The molecule has 0 unspecified atom stereocenters. The van der Waals surface area contributed by atoms with Gasteiger partial charge in [-0.25, -0.2) is 3.11 Å². The Morgan fingerprint density at radius 1 is 1.25 bits per heavy atom. The predicted molar refractivity (Wildman–Crippen MR) is 60.3 cm³/mol. The monoisotopic (exact) mass is 279 g/mol. The number of nitrogens with zero attached hydrogens (tertiary/aromatic N) is 1. The summed E-state index contributed by atoms with van der Waals surface area (Å²) >= 11 is 2.52. The maximum absolute atomic E-state index is 2.53. The molecule has 1 aliphatic carbocycles. The summed E-state index contributed by atoms with van der Waals surface area (Å²) in [6, 6.07) is 0.817. The van der Waals surface area contributed by atoms with Gasteiger partial charge in [0.05, 0.1) is 0 Å². The van der Waals surface area contributed by atoms with E-state index in [-0.39, 0.29) is 0 Å². The highest BCUT2D eigenvalue weighted by atomic mass is 127. The summed E-state index contributed by atoms with van der Waals surface area (Å²) in [5.41, 5.74) is 0.744. The number of hydrogen-bond donors (Lipinski definition) is 0. The minimum absolute atomic E-state index is 0.744. The SMILES string of the molecule is C[C@H]1CCC2(CCCC2)CN1I. The summed E-state index contributed by atoms with van der Waals surface area (Å²) in [7, 11) is 0. The van der Waals surface area contributed by atoms with Crippen LogP contribution in [0.15, 0.2) is 0 Å². The van der Waals surface area contributed by atoms with Crippen molar-refractivity contribution in [1.29, 1.82) is 0 Å². The second-order valence-corrected chi connectivity index (χ2v) is 5.89. The van der Waals surface area contributed by atoms with Gasteiger partial charge in [-0.2, -0.15) is 0 Å². The topological polar surface area (TPSA) is 3.24 Å². The van der Waals surface area contributed by atoms with Crippen molar-refractivity contribution >= 4 is 22.9 Å². The van der Waals surface area contributed by atoms with Crippen molar-refractivity contribution < 1.29 is 0 Å². The number of rotatable bonds is 0. The van der Waals surface area contributed by atoms with Gasteiger partial charge < -0.3 is 0 Å². The number of hydrogen-bond acceptors (Lipinski definition) is 1. The molecule has 0 bridgehead atoms. The molecule has 1 saturated heterocycles. The summed E-state index contributed by atoms with van der Waals surface area (Å²) in [6.07, 6.45) is 8.88. The lowest BCUT2D eigenvalue weighted by Gasteiger charge is -2.41. The maximum atomic E-state index is 2.53. The van der Waals surface area contributed by atoms with E-state index in [0.717, 1.165) is 11.5 Å². The molecule has 0 radical (unpaired) electrons. The molecule has 0 aromatic heterocycles. The van der Waals surface area contributed by atoms with Crippen LogP contribution in [0.2, 0.25) is 0 Å². The van der Waals surface area contributed by atoms with E-state index in [1.54, 1.807) is 0 Å². The molecule has 1 heterocycles. The van der Waals surface area contributed by atoms with Crippen LogP contribution in [-0.4, -0.2) is 15.7 Å². The highest BCUT2D eigenvalue weighted by Crippen LogP contribution is 2.46. The smallest absolute Gasteiger partial charge is 0.0204 e. The fourth-order valence-corrected chi connectivity index (χ4v) is 3.75. The van der Waals surface area contributed by atoms with E-state index in [1.807, 2.05) is 0 Å². The lowest BCUT2D eigenvalue weighted by Crippen LogP contribution is -2.41. The van der Waals surface area contributed by atoms with Crippen molar-refractivity contribution in [2.75, 3.05) is 6.54 Å². The van der Waals surface area contributed by atoms with E-state index in [0.29, 0.717) is 0 Å². The summed E-state index contributed by atoms with van der Waals surface area (Å²) in [4.78, 5) is 0. The molecule has 2 fully saturated rings. The molecule has 1 saturated carbocycles. The third-order valence-electron chi connectivity index (χ3n) is 3.72. The first-order valence-electron chi connectivity index (χ1n) is 5.14. The Hall–Kier alpha value is 0.690. The molecule has 70 valence electrons. The molecule has 2 aliphatic rings. The quantitative estimate of drug-likeness (QED) is 0.485. The van der Waals surface area contributed by atoms with Crippen LogP contribution in [0.5, 0.6) is 0 Å². The standard InChI is InChI=1S/C10H18IN/c1-9-4-7-10(8-12(9)11)5-2-3-6-10/h9H,2-8H2,1H3/t9-/m0/s1. The van der Waals surface area contributed by atoms with E-state index in [1.165, 1.54) is 45.1 Å². The van der Waals surface area contributed by atoms with Gasteiger partial charge >= 0.3 is 0 Å². The molecule has 1 aliphatic heterocycles. The molecular formula is C10H18IN. The molecule has 0 aromatic rings. The molecular weight excluding hydrogens is 261 g/mol. The number of halogens is 1. The number of piperidine rings is 1. The lowest BCUT2D eigenvalue weighted by atomic mass is 9.78. The van der Waals surface area contributed by atoms with Crippen molar-refractivity contribution in [2.45, 2.75) is 51.5 Å². The Morgan fingerprint density at radius 3 is 2.50 bits per heavy atom. The van der Waals surface area contributed by atoms with Gasteiger partial charge in [0.25, 0.3) is 0 Å². The zero-order chi connectivity index (χ0) is 8.60. The maximum Gasteiger partial charge on any atom is 0.0204 e. The van der Waals surface area contributed by atoms with Gasteiger partial charge in [0, 0.05) is 35.5 Å². The molecule has 1 nitrogen and oxygen atoms in total. The Bertz CT molecular complexity index is 163. The Kier molecular flexibility index (Phi) is 2.66. The van der Waals surface area contributed by atoms with Gasteiger partial charge in [-0.3, -0.25) is 0 Å². The molecule has 0 N–H and O–H groups in total. The fraction of sp³-hybridized carbons (Fsp3) is 1.00. The Balaban J connectivity index is 2.01. The molecule has 2 rings (SSSR count). The van der Waals surface area contributed by atoms with Gasteiger partial charge in [-0.15, -0.1) is 0 Å². The normalized spacial score (nSPS) is 36.0. The van der Waals surface area contributed by atoms with E-state index in [4.69, 9.17) is 0 Å². The summed E-state index contributed by atoms with van der Waals surface area (Å²) in [6.45, 7) is 3.71. The summed E-state index contributed by atoms with van der Waals surface area (Å²) in [5.74, 6) is 0. The molecule has 1 atom stereocenters. The van der Waals surface area contributed by atoms with Gasteiger partial charge in [0.15, 0.2) is 0 Å². The van der Waals surface area contributed by atoms with Crippen LogP contribution in [0, 0.1) is 5.41 Å². The third kappa shape index (κ3) is 1.65. The highest BCUT2D eigenvalue weighted by molar-refractivity contribution is 14.1. The van der Waals surface area contributed by atoms with E-state index in [9.17, 15) is 0 Å². The lowest BCUT2D eigenvalue weighted by molar-refractivity contribution is 0.137. The first-order chi connectivity index (χ1) is 5.72. The molecule has 1 spiro atoms. The van der Waals surface area contributed by atoms with Gasteiger partial charge in [-0.05, 0) is 38.0 Å². The second kappa shape index (κ2) is 3.45. The molecule has 0 aromatic carbocycles. The van der Waals surface area contributed by atoms with Crippen molar-refractivity contribution in [1.82, 2.24) is 3.11 Å². The first-order valence-corrected chi connectivity index (χ1v) is 6.11. The predicted octanol–water partition coefficient (Wildman–Crippen LogP) is 3.38. The minimum atomic E-state index is 0.744. The van der Waals surface area contributed by atoms with Gasteiger partial charge in [-0.1, -0.05) is 12.8 Å². The first kappa shape index (κ1) is 9.25. The fourth-order valence-electron chi connectivity index (χ4n) is 2.74. The van der Waals surface area contributed by atoms with Crippen LogP contribution in [-0.2, 0) is 0 Å². The van der Waals surface area contributed by atoms with Gasteiger partial charge in [0.2, 0.25) is 0 Å². The van der Waals surface area contributed by atoms with E-state index >= 15 is 0 Å². The zero-order valence-electron chi connectivity index (χ0n) is 7.85. The Labute approximate surface area is 89.4 Å². The van der Waals surface area contributed by atoms with Crippen molar-refractivity contribution in [2.24, 2.45) is 5.41 Å². The molecule has 12 heavy (non-hydrogen) atoms. The summed E-state index contributed by atoms with van der Waals surface area (Å²) < 4.78 is 2.53. The Morgan fingerprint density at radius 2 is 1.92 bits per heavy atom.